The molecule has 2 heteroatoms. The van der Waals surface area contributed by atoms with Crippen molar-refractivity contribution in [3.05, 3.63) is 23.8 Å². The molecule has 1 rings (SSSR count). The van der Waals surface area contributed by atoms with Gasteiger partial charge in [-0.15, -0.1) is 0 Å². The van der Waals surface area contributed by atoms with E-state index in [1.165, 1.54) is 185 Å². The van der Waals surface area contributed by atoms with E-state index in [-0.39, 0.29) is 0 Å². The SMILES string of the molecule is CCCCCCCCCCCCCCCCOc1cc(CCCC)cc(OCCCCCCCCCCCCCCCC)c1. The third-order valence-corrected chi connectivity index (χ3v) is 9.29. The normalized spacial score (nSPS) is 11.3. The molecule has 1 aromatic carbocycles. The van der Waals surface area contributed by atoms with E-state index in [1.807, 2.05) is 0 Å². The van der Waals surface area contributed by atoms with Crippen molar-refractivity contribution in [2.24, 2.45) is 0 Å². The standard InChI is InChI=1S/C42H78O2/c1-4-7-10-12-14-16-18-20-22-24-26-28-30-32-35-43-41-37-40(34-9-6-3)38-42(39-41)44-36-33-31-29-27-25-23-21-19-17-15-13-11-8-5-2/h37-39H,4-36H2,1-3H3. The molecule has 0 saturated carbocycles. The first kappa shape index (κ1) is 40.8. The van der Waals surface area contributed by atoms with Crippen molar-refractivity contribution in [2.75, 3.05) is 13.2 Å². The summed E-state index contributed by atoms with van der Waals surface area (Å²) in [5.74, 6) is 2.01. The summed E-state index contributed by atoms with van der Waals surface area (Å²) in [6.45, 7) is 8.52. The fourth-order valence-electron chi connectivity index (χ4n) is 6.30. The van der Waals surface area contributed by atoms with Crippen LogP contribution in [0.2, 0.25) is 0 Å². The smallest absolute Gasteiger partial charge is 0.123 e. The van der Waals surface area contributed by atoms with Gasteiger partial charge in [-0.1, -0.05) is 194 Å². The molecule has 0 fully saturated rings. The lowest BCUT2D eigenvalue weighted by Crippen LogP contribution is -2.01. The van der Waals surface area contributed by atoms with Crippen LogP contribution in [0, 0.1) is 0 Å². The molecule has 0 saturated heterocycles. The first-order chi connectivity index (χ1) is 21.8. The van der Waals surface area contributed by atoms with Gasteiger partial charge in [-0.25, -0.2) is 0 Å². The summed E-state index contributed by atoms with van der Waals surface area (Å²) < 4.78 is 12.4. The maximum Gasteiger partial charge on any atom is 0.123 e. The highest BCUT2D eigenvalue weighted by molar-refractivity contribution is 5.38. The van der Waals surface area contributed by atoms with Crippen LogP contribution in [0.3, 0.4) is 0 Å². The number of hydrogen-bond acceptors (Lipinski definition) is 2. The lowest BCUT2D eigenvalue weighted by molar-refractivity contribution is 0.289. The molecule has 0 aliphatic rings. The van der Waals surface area contributed by atoms with Gasteiger partial charge in [-0.05, 0) is 43.4 Å². The second kappa shape index (κ2) is 33.2. The number of aryl methyl sites for hydroxylation is 1. The van der Waals surface area contributed by atoms with E-state index >= 15 is 0 Å². The van der Waals surface area contributed by atoms with Gasteiger partial charge in [-0.3, -0.25) is 0 Å². The average Bonchev–Trinajstić information content (AvgIpc) is 3.03. The molecule has 0 aliphatic heterocycles. The Morgan fingerprint density at radius 3 is 0.886 bits per heavy atom. The van der Waals surface area contributed by atoms with Crippen molar-refractivity contribution < 1.29 is 9.47 Å². The molecule has 0 amide bonds. The molecular weight excluding hydrogens is 536 g/mol. The number of unbranched alkanes of at least 4 members (excludes halogenated alkanes) is 27. The van der Waals surface area contributed by atoms with E-state index < -0.39 is 0 Å². The number of ether oxygens (including phenoxy) is 2. The molecule has 0 aromatic heterocycles. The Labute approximate surface area is 277 Å². The van der Waals surface area contributed by atoms with E-state index in [4.69, 9.17) is 9.47 Å². The van der Waals surface area contributed by atoms with Crippen LogP contribution in [0.15, 0.2) is 18.2 Å². The van der Waals surface area contributed by atoms with Crippen molar-refractivity contribution in [1.29, 1.82) is 0 Å². The van der Waals surface area contributed by atoms with E-state index in [0.717, 1.165) is 44.0 Å². The molecule has 2 nitrogen and oxygen atoms in total. The van der Waals surface area contributed by atoms with Crippen LogP contribution in [0.25, 0.3) is 0 Å². The zero-order valence-corrected chi connectivity index (χ0v) is 30.4. The van der Waals surface area contributed by atoms with Crippen molar-refractivity contribution in [1.82, 2.24) is 0 Å². The van der Waals surface area contributed by atoms with Gasteiger partial charge in [0.15, 0.2) is 0 Å². The average molecular weight is 615 g/mol. The summed E-state index contributed by atoms with van der Waals surface area (Å²) in [4.78, 5) is 0. The molecule has 0 atom stereocenters. The van der Waals surface area contributed by atoms with E-state index in [1.54, 1.807) is 0 Å². The zero-order valence-electron chi connectivity index (χ0n) is 30.4. The summed E-state index contributed by atoms with van der Waals surface area (Å²) >= 11 is 0. The maximum absolute atomic E-state index is 6.22. The Hall–Kier alpha value is -1.18. The van der Waals surface area contributed by atoms with Crippen molar-refractivity contribution in [3.63, 3.8) is 0 Å². The summed E-state index contributed by atoms with van der Waals surface area (Å²) in [5, 5.41) is 0. The Morgan fingerprint density at radius 1 is 0.318 bits per heavy atom. The largest absolute Gasteiger partial charge is 0.493 e. The number of rotatable bonds is 35. The van der Waals surface area contributed by atoms with Gasteiger partial charge < -0.3 is 9.47 Å². The molecule has 0 bridgehead atoms. The lowest BCUT2D eigenvalue weighted by atomic mass is 10.0. The molecular formula is C42H78O2. The Morgan fingerprint density at radius 2 is 0.591 bits per heavy atom. The van der Waals surface area contributed by atoms with Crippen molar-refractivity contribution >= 4 is 0 Å². The van der Waals surface area contributed by atoms with E-state index in [2.05, 4.69) is 39.0 Å². The first-order valence-corrected chi connectivity index (χ1v) is 20.2. The minimum Gasteiger partial charge on any atom is -0.493 e. The van der Waals surface area contributed by atoms with Crippen LogP contribution in [0.4, 0.5) is 0 Å². The summed E-state index contributed by atoms with van der Waals surface area (Å²) in [6.07, 6.45) is 42.5. The van der Waals surface area contributed by atoms with Crippen LogP contribution < -0.4 is 9.47 Å². The molecule has 0 N–H and O–H groups in total. The quantitative estimate of drug-likeness (QED) is 0.0708. The monoisotopic (exact) mass is 615 g/mol. The predicted molar refractivity (Wildman–Crippen MR) is 197 cm³/mol. The first-order valence-electron chi connectivity index (χ1n) is 20.2. The Balaban J connectivity index is 2.09. The predicted octanol–water partition coefficient (Wildman–Crippen LogP) is 14.7. The lowest BCUT2D eigenvalue weighted by Gasteiger charge is -2.13. The fraction of sp³-hybridized carbons (Fsp3) is 0.857. The second-order valence-corrected chi connectivity index (χ2v) is 13.8. The molecule has 0 heterocycles. The summed E-state index contributed by atoms with van der Waals surface area (Å²) in [5.41, 5.74) is 1.36. The molecule has 0 spiro atoms. The van der Waals surface area contributed by atoms with Crippen LogP contribution in [0.1, 0.15) is 219 Å². The topological polar surface area (TPSA) is 18.5 Å². The zero-order chi connectivity index (χ0) is 31.6. The Bertz CT molecular complexity index is 647. The minimum absolute atomic E-state index is 0.827. The fourth-order valence-corrected chi connectivity index (χ4v) is 6.30. The highest BCUT2D eigenvalue weighted by Crippen LogP contribution is 2.25. The highest BCUT2D eigenvalue weighted by atomic mass is 16.5. The molecule has 44 heavy (non-hydrogen) atoms. The molecule has 0 aliphatic carbocycles. The summed E-state index contributed by atoms with van der Waals surface area (Å²) in [6, 6.07) is 6.63. The highest BCUT2D eigenvalue weighted by Gasteiger charge is 2.05. The Kier molecular flexibility index (Phi) is 30.8. The molecule has 1 aromatic rings. The van der Waals surface area contributed by atoms with Crippen molar-refractivity contribution in [2.45, 2.75) is 220 Å². The number of hydrogen-bond donors (Lipinski definition) is 0. The van der Waals surface area contributed by atoms with Crippen LogP contribution in [0.5, 0.6) is 11.5 Å². The third kappa shape index (κ3) is 27.2. The van der Waals surface area contributed by atoms with Crippen LogP contribution >= 0.6 is 0 Å². The van der Waals surface area contributed by atoms with Gasteiger partial charge in [0.05, 0.1) is 13.2 Å². The van der Waals surface area contributed by atoms with Gasteiger partial charge in [0, 0.05) is 6.07 Å². The second-order valence-electron chi connectivity index (χ2n) is 13.8. The number of benzene rings is 1. The van der Waals surface area contributed by atoms with Crippen molar-refractivity contribution in [3.8, 4) is 11.5 Å². The molecule has 0 unspecified atom stereocenters. The van der Waals surface area contributed by atoms with Crippen LogP contribution in [-0.4, -0.2) is 13.2 Å². The molecule has 0 radical (unpaired) electrons. The van der Waals surface area contributed by atoms with Gasteiger partial charge in [0.25, 0.3) is 0 Å². The maximum atomic E-state index is 6.22. The molecule has 258 valence electrons. The van der Waals surface area contributed by atoms with Gasteiger partial charge >= 0.3 is 0 Å². The van der Waals surface area contributed by atoms with Gasteiger partial charge in [-0.2, -0.15) is 0 Å². The van der Waals surface area contributed by atoms with Crippen LogP contribution in [-0.2, 0) is 6.42 Å². The minimum atomic E-state index is 0.827. The van der Waals surface area contributed by atoms with Gasteiger partial charge in [0.1, 0.15) is 11.5 Å². The summed E-state index contributed by atoms with van der Waals surface area (Å²) in [7, 11) is 0. The van der Waals surface area contributed by atoms with Gasteiger partial charge in [0.2, 0.25) is 0 Å². The van der Waals surface area contributed by atoms with E-state index in [9.17, 15) is 0 Å². The third-order valence-electron chi connectivity index (χ3n) is 9.29. The van der Waals surface area contributed by atoms with E-state index in [0.29, 0.717) is 0 Å².